The normalized spacial score (nSPS) is 12.2. The molecule has 1 rings (SSSR count). The van der Waals surface area contributed by atoms with Crippen LogP contribution in [0, 0.1) is 5.82 Å². The third kappa shape index (κ3) is 5.32. The Morgan fingerprint density at radius 2 is 1.94 bits per heavy atom. The lowest BCUT2D eigenvalue weighted by atomic mass is 10.2. The molecule has 0 aliphatic carbocycles. The van der Waals surface area contributed by atoms with Crippen LogP contribution in [0.2, 0.25) is 0 Å². The van der Waals surface area contributed by atoms with Crippen LogP contribution < -0.4 is 0 Å². The minimum absolute atomic E-state index is 0.00104. The van der Waals surface area contributed by atoms with E-state index in [1.807, 2.05) is 0 Å². The molecule has 102 valence electrons. The van der Waals surface area contributed by atoms with E-state index in [0.29, 0.717) is 5.56 Å². The van der Waals surface area contributed by atoms with Gasteiger partial charge in [-0.3, -0.25) is 4.90 Å². The van der Waals surface area contributed by atoms with Crippen molar-refractivity contribution in [3.05, 3.63) is 34.1 Å². The average Bonchev–Trinajstić information content (AvgIpc) is 2.21. The molecule has 7 heteroatoms. The fourth-order valence-electron chi connectivity index (χ4n) is 1.51. The molecule has 1 aromatic carbocycles. The summed E-state index contributed by atoms with van der Waals surface area (Å²) in [5.74, 6) is -0.469. The van der Waals surface area contributed by atoms with E-state index in [1.165, 1.54) is 18.2 Å². The Morgan fingerprint density at radius 3 is 2.44 bits per heavy atom. The number of alkyl halides is 3. The summed E-state index contributed by atoms with van der Waals surface area (Å²) in [5.41, 5.74) is 0.543. The molecule has 18 heavy (non-hydrogen) atoms. The fourth-order valence-corrected chi connectivity index (χ4v) is 1.93. The quantitative estimate of drug-likeness (QED) is 0.839. The summed E-state index contributed by atoms with van der Waals surface area (Å²) < 4.78 is 50.0. The van der Waals surface area contributed by atoms with Crippen LogP contribution in [0.5, 0.6) is 0 Å². The molecule has 0 saturated carbocycles. The molecule has 0 spiro atoms. The van der Waals surface area contributed by atoms with Gasteiger partial charge in [0.15, 0.2) is 0 Å². The number of hydrogen-bond donors (Lipinski definition) is 1. The summed E-state index contributed by atoms with van der Waals surface area (Å²) in [5, 5.41) is 8.73. The van der Waals surface area contributed by atoms with E-state index in [1.54, 1.807) is 0 Å². The van der Waals surface area contributed by atoms with Gasteiger partial charge in [0.1, 0.15) is 5.82 Å². The average molecular weight is 330 g/mol. The molecule has 1 N–H and O–H groups in total. The SMILES string of the molecule is OCCN(Cc1ccc(F)c(Br)c1)CC(F)(F)F. The van der Waals surface area contributed by atoms with Crippen LogP contribution in [0.15, 0.2) is 22.7 Å². The Morgan fingerprint density at radius 1 is 1.28 bits per heavy atom. The Labute approximate surface area is 110 Å². The first-order valence-electron chi connectivity index (χ1n) is 5.15. The molecule has 0 aliphatic heterocycles. The summed E-state index contributed by atoms with van der Waals surface area (Å²) in [6, 6.07) is 4.03. The number of aliphatic hydroxyl groups is 1. The van der Waals surface area contributed by atoms with E-state index < -0.39 is 18.5 Å². The van der Waals surface area contributed by atoms with Gasteiger partial charge in [-0.25, -0.2) is 4.39 Å². The van der Waals surface area contributed by atoms with Gasteiger partial charge in [0.25, 0.3) is 0 Å². The predicted octanol–water partition coefficient (Wildman–Crippen LogP) is 2.94. The summed E-state index contributed by atoms with van der Waals surface area (Å²) >= 11 is 2.97. The molecule has 0 saturated heterocycles. The highest BCUT2D eigenvalue weighted by Crippen LogP contribution is 2.20. The minimum Gasteiger partial charge on any atom is -0.395 e. The maximum Gasteiger partial charge on any atom is 0.401 e. The second-order valence-electron chi connectivity index (χ2n) is 3.80. The Balaban J connectivity index is 2.73. The van der Waals surface area contributed by atoms with Crippen molar-refractivity contribution in [3.8, 4) is 0 Å². The smallest absolute Gasteiger partial charge is 0.395 e. The van der Waals surface area contributed by atoms with Crippen molar-refractivity contribution in [2.75, 3.05) is 19.7 Å². The zero-order valence-electron chi connectivity index (χ0n) is 9.34. The van der Waals surface area contributed by atoms with Gasteiger partial charge in [0, 0.05) is 13.1 Å². The highest BCUT2D eigenvalue weighted by atomic mass is 79.9. The molecule has 0 aliphatic rings. The van der Waals surface area contributed by atoms with Crippen molar-refractivity contribution >= 4 is 15.9 Å². The van der Waals surface area contributed by atoms with Gasteiger partial charge < -0.3 is 5.11 Å². The predicted molar refractivity (Wildman–Crippen MR) is 62.5 cm³/mol. The van der Waals surface area contributed by atoms with Crippen molar-refractivity contribution in [2.45, 2.75) is 12.7 Å². The van der Waals surface area contributed by atoms with Crippen LogP contribution in [-0.4, -0.2) is 35.9 Å². The molecule has 1 aromatic rings. The second kappa shape index (κ2) is 6.49. The van der Waals surface area contributed by atoms with Gasteiger partial charge in [0.2, 0.25) is 0 Å². The number of nitrogens with zero attached hydrogens (tertiary/aromatic N) is 1. The van der Waals surface area contributed by atoms with Gasteiger partial charge in [-0.2, -0.15) is 13.2 Å². The van der Waals surface area contributed by atoms with Gasteiger partial charge in [-0.1, -0.05) is 6.07 Å². The first kappa shape index (κ1) is 15.4. The van der Waals surface area contributed by atoms with Crippen molar-refractivity contribution in [3.63, 3.8) is 0 Å². The van der Waals surface area contributed by atoms with Gasteiger partial charge in [-0.15, -0.1) is 0 Å². The molecule has 0 heterocycles. The van der Waals surface area contributed by atoms with E-state index in [9.17, 15) is 17.6 Å². The van der Waals surface area contributed by atoms with E-state index in [2.05, 4.69) is 15.9 Å². The lowest BCUT2D eigenvalue weighted by Crippen LogP contribution is -2.35. The molecule has 0 bridgehead atoms. The van der Waals surface area contributed by atoms with Gasteiger partial charge in [-0.05, 0) is 33.6 Å². The largest absolute Gasteiger partial charge is 0.401 e. The topological polar surface area (TPSA) is 23.5 Å². The molecule has 0 unspecified atom stereocenters. The standard InChI is InChI=1S/C11H12BrF4NO/c12-9-5-8(1-2-10(9)13)6-17(3-4-18)7-11(14,15)16/h1-2,5,18H,3-4,6-7H2. The molecule has 2 nitrogen and oxygen atoms in total. The van der Waals surface area contributed by atoms with E-state index >= 15 is 0 Å². The third-order valence-electron chi connectivity index (χ3n) is 2.21. The minimum atomic E-state index is -4.33. The summed E-state index contributed by atoms with van der Waals surface area (Å²) in [7, 11) is 0. The highest BCUT2D eigenvalue weighted by Gasteiger charge is 2.30. The number of hydrogen-bond acceptors (Lipinski definition) is 2. The maximum absolute atomic E-state index is 13.0. The van der Waals surface area contributed by atoms with Gasteiger partial charge >= 0.3 is 6.18 Å². The highest BCUT2D eigenvalue weighted by molar-refractivity contribution is 9.10. The zero-order chi connectivity index (χ0) is 13.8. The number of benzene rings is 1. The van der Waals surface area contributed by atoms with Crippen LogP contribution in [0.4, 0.5) is 17.6 Å². The second-order valence-corrected chi connectivity index (χ2v) is 4.65. The van der Waals surface area contributed by atoms with Crippen LogP contribution in [0.3, 0.4) is 0 Å². The molecule has 0 fully saturated rings. The molecule has 0 radical (unpaired) electrons. The molecule has 0 amide bonds. The number of halogens is 5. The van der Waals surface area contributed by atoms with Crippen LogP contribution in [0.25, 0.3) is 0 Å². The lowest BCUT2D eigenvalue weighted by Gasteiger charge is -2.22. The summed E-state index contributed by atoms with van der Waals surface area (Å²) in [6.45, 7) is -1.56. The van der Waals surface area contributed by atoms with Crippen molar-refractivity contribution in [1.29, 1.82) is 0 Å². The van der Waals surface area contributed by atoms with Crippen molar-refractivity contribution < 1.29 is 22.7 Å². The first-order valence-corrected chi connectivity index (χ1v) is 5.95. The third-order valence-corrected chi connectivity index (χ3v) is 2.82. The van der Waals surface area contributed by atoms with Crippen molar-refractivity contribution in [2.24, 2.45) is 0 Å². The summed E-state index contributed by atoms with van der Waals surface area (Å²) in [6.07, 6.45) is -4.33. The first-order chi connectivity index (χ1) is 8.31. The Bertz CT molecular complexity index is 397. The number of rotatable bonds is 5. The van der Waals surface area contributed by atoms with E-state index in [-0.39, 0.29) is 24.2 Å². The van der Waals surface area contributed by atoms with Crippen LogP contribution in [0.1, 0.15) is 5.56 Å². The van der Waals surface area contributed by atoms with Crippen LogP contribution in [-0.2, 0) is 6.54 Å². The summed E-state index contributed by atoms with van der Waals surface area (Å²) in [4.78, 5) is 1.06. The molecule has 0 aromatic heterocycles. The molecular weight excluding hydrogens is 318 g/mol. The molecule has 0 atom stereocenters. The van der Waals surface area contributed by atoms with Crippen molar-refractivity contribution in [1.82, 2.24) is 4.90 Å². The number of aliphatic hydroxyl groups excluding tert-OH is 1. The lowest BCUT2D eigenvalue weighted by molar-refractivity contribution is -0.147. The van der Waals surface area contributed by atoms with Crippen LogP contribution >= 0.6 is 15.9 Å². The Kier molecular flexibility index (Phi) is 5.55. The Hall–Kier alpha value is -0.660. The molecular formula is C11H12BrF4NO. The van der Waals surface area contributed by atoms with Gasteiger partial charge in [0.05, 0.1) is 17.6 Å². The fraction of sp³-hybridized carbons (Fsp3) is 0.455. The van der Waals surface area contributed by atoms with E-state index in [0.717, 1.165) is 4.90 Å². The van der Waals surface area contributed by atoms with E-state index in [4.69, 9.17) is 5.11 Å². The monoisotopic (exact) mass is 329 g/mol. The maximum atomic E-state index is 13.0. The zero-order valence-corrected chi connectivity index (χ0v) is 10.9.